The summed E-state index contributed by atoms with van der Waals surface area (Å²) in [5, 5.41) is 4.16. The van der Waals surface area contributed by atoms with E-state index in [2.05, 4.69) is 10.3 Å². The first kappa shape index (κ1) is 17.4. The molecule has 1 heterocycles. The number of ether oxygens (including phenoxy) is 1. The maximum absolute atomic E-state index is 12.5. The van der Waals surface area contributed by atoms with E-state index in [1.807, 2.05) is 6.92 Å². The summed E-state index contributed by atoms with van der Waals surface area (Å²) >= 11 is 7.51. The number of nitrogens with one attached hydrogen (secondary N) is 1. The molecule has 122 valence electrons. The number of amides is 1. The largest absolute Gasteiger partial charge is 0.469 e. The van der Waals surface area contributed by atoms with Gasteiger partial charge in [0.15, 0.2) is 0 Å². The Labute approximate surface area is 143 Å². The second-order valence-electron chi connectivity index (χ2n) is 4.98. The zero-order valence-electron chi connectivity index (χ0n) is 13.1. The molecule has 5 nitrogen and oxygen atoms in total. The van der Waals surface area contributed by atoms with Crippen LogP contribution in [0.4, 0.5) is 0 Å². The number of carbonyl (C=O) groups excluding carboxylic acids is 2. The lowest BCUT2D eigenvalue weighted by Gasteiger charge is -2.19. The Morgan fingerprint density at radius 3 is 2.61 bits per heavy atom. The van der Waals surface area contributed by atoms with Gasteiger partial charge in [0.1, 0.15) is 4.88 Å². The van der Waals surface area contributed by atoms with Gasteiger partial charge >= 0.3 is 5.97 Å². The fourth-order valence-corrected chi connectivity index (χ4v) is 3.30. The molecule has 1 N–H and O–H groups in total. The summed E-state index contributed by atoms with van der Waals surface area (Å²) in [6.07, 6.45) is 0.00278. The van der Waals surface area contributed by atoms with Crippen LogP contribution in [0.25, 0.3) is 0 Å². The normalized spacial score (nSPS) is 11.8. The zero-order valence-corrected chi connectivity index (χ0v) is 14.6. The van der Waals surface area contributed by atoms with Crippen LogP contribution in [0.2, 0.25) is 5.02 Å². The SMILES string of the molecule is COC(=O)C[C@H](NC(=O)c1sc(C)nc1C)c1ccccc1Cl. The van der Waals surface area contributed by atoms with Crippen molar-refractivity contribution in [3.63, 3.8) is 0 Å². The van der Waals surface area contributed by atoms with Crippen molar-refractivity contribution in [2.75, 3.05) is 7.11 Å². The van der Waals surface area contributed by atoms with Crippen molar-refractivity contribution in [3.8, 4) is 0 Å². The number of esters is 1. The number of rotatable bonds is 5. The Morgan fingerprint density at radius 2 is 2.04 bits per heavy atom. The molecule has 0 aliphatic rings. The average Bonchev–Trinajstić information content (AvgIpc) is 2.85. The van der Waals surface area contributed by atoms with E-state index in [0.29, 0.717) is 21.2 Å². The highest BCUT2D eigenvalue weighted by Gasteiger charge is 2.23. The fourth-order valence-electron chi connectivity index (χ4n) is 2.21. The van der Waals surface area contributed by atoms with E-state index in [1.165, 1.54) is 18.4 Å². The predicted molar refractivity (Wildman–Crippen MR) is 89.9 cm³/mol. The summed E-state index contributed by atoms with van der Waals surface area (Å²) in [6, 6.07) is 6.53. The zero-order chi connectivity index (χ0) is 17.0. The third-order valence-electron chi connectivity index (χ3n) is 3.29. The molecule has 0 aliphatic heterocycles. The molecule has 0 fully saturated rings. The molecule has 0 saturated heterocycles. The highest BCUT2D eigenvalue weighted by Crippen LogP contribution is 2.26. The van der Waals surface area contributed by atoms with Gasteiger partial charge in [-0.2, -0.15) is 0 Å². The molecule has 0 aliphatic carbocycles. The smallest absolute Gasteiger partial charge is 0.307 e. The molecule has 2 rings (SSSR count). The first-order chi connectivity index (χ1) is 10.9. The van der Waals surface area contributed by atoms with Crippen LogP contribution in [0, 0.1) is 13.8 Å². The summed E-state index contributed by atoms with van der Waals surface area (Å²) in [7, 11) is 1.31. The molecule has 1 amide bonds. The van der Waals surface area contributed by atoms with Gasteiger partial charge < -0.3 is 10.1 Å². The lowest BCUT2D eigenvalue weighted by Crippen LogP contribution is -2.30. The number of thiazole rings is 1. The minimum atomic E-state index is -0.564. The van der Waals surface area contributed by atoms with Crippen molar-refractivity contribution in [1.29, 1.82) is 0 Å². The van der Waals surface area contributed by atoms with Gasteiger partial charge in [-0.05, 0) is 25.5 Å². The van der Waals surface area contributed by atoms with E-state index in [1.54, 1.807) is 31.2 Å². The number of aromatic nitrogens is 1. The number of methoxy groups -OCH3 is 1. The number of halogens is 1. The van der Waals surface area contributed by atoms with Crippen molar-refractivity contribution in [3.05, 3.63) is 50.4 Å². The lowest BCUT2D eigenvalue weighted by molar-refractivity contribution is -0.141. The van der Waals surface area contributed by atoms with Crippen LogP contribution in [-0.4, -0.2) is 24.0 Å². The Kier molecular flexibility index (Phi) is 5.74. The second kappa shape index (κ2) is 7.57. The molecule has 0 saturated carbocycles. The van der Waals surface area contributed by atoms with E-state index >= 15 is 0 Å². The van der Waals surface area contributed by atoms with Gasteiger partial charge in [0.25, 0.3) is 5.91 Å². The third kappa shape index (κ3) is 4.30. The molecule has 0 radical (unpaired) electrons. The molecule has 1 atom stereocenters. The van der Waals surface area contributed by atoms with Crippen LogP contribution in [0.3, 0.4) is 0 Å². The highest BCUT2D eigenvalue weighted by atomic mass is 35.5. The van der Waals surface area contributed by atoms with Crippen molar-refractivity contribution in [2.45, 2.75) is 26.3 Å². The Hall–Kier alpha value is -1.92. The maximum Gasteiger partial charge on any atom is 0.307 e. The van der Waals surface area contributed by atoms with Gasteiger partial charge in [-0.1, -0.05) is 29.8 Å². The van der Waals surface area contributed by atoms with Crippen LogP contribution >= 0.6 is 22.9 Å². The number of hydrogen-bond acceptors (Lipinski definition) is 5. The highest BCUT2D eigenvalue weighted by molar-refractivity contribution is 7.13. The standard InChI is InChI=1S/C16H17ClN2O3S/c1-9-15(23-10(2)18-9)16(21)19-13(8-14(20)22-3)11-6-4-5-7-12(11)17/h4-7,13H,8H2,1-3H3,(H,19,21)/t13-/m0/s1. The van der Waals surface area contributed by atoms with Gasteiger partial charge in [-0.15, -0.1) is 11.3 Å². The molecule has 0 bridgehead atoms. The van der Waals surface area contributed by atoms with Gasteiger partial charge in [0.05, 0.1) is 30.3 Å². The fraction of sp³-hybridized carbons (Fsp3) is 0.312. The molecule has 7 heteroatoms. The first-order valence-electron chi connectivity index (χ1n) is 6.98. The van der Waals surface area contributed by atoms with E-state index < -0.39 is 12.0 Å². The van der Waals surface area contributed by atoms with E-state index in [0.717, 1.165) is 5.01 Å². The number of carbonyl (C=O) groups is 2. The van der Waals surface area contributed by atoms with Crippen LogP contribution in [-0.2, 0) is 9.53 Å². The van der Waals surface area contributed by atoms with Crippen molar-refractivity contribution < 1.29 is 14.3 Å². The van der Waals surface area contributed by atoms with E-state index in [9.17, 15) is 9.59 Å². The molecule has 23 heavy (non-hydrogen) atoms. The lowest BCUT2D eigenvalue weighted by atomic mass is 10.0. The Morgan fingerprint density at radius 1 is 1.35 bits per heavy atom. The summed E-state index contributed by atoms with van der Waals surface area (Å²) in [4.78, 5) is 29.0. The van der Waals surface area contributed by atoms with Crippen LogP contribution in [0.5, 0.6) is 0 Å². The molecule has 0 spiro atoms. The van der Waals surface area contributed by atoms with Gasteiger partial charge in [0, 0.05) is 5.02 Å². The maximum atomic E-state index is 12.5. The van der Waals surface area contributed by atoms with Crippen LogP contribution in [0.1, 0.15) is 38.4 Å². The molecule has 2 aromatic rings. The van der Waals surface area contributed by atoms with Crippen LogP contribution < -0.4 is 5.32 Å². The van der Waals surface area contributed by atoms with Crippen molar-refractivity contribution in [1.82, 2.24) is 10.3 Å². The summed E-state index contributed by atoms with van der Waals surface area (Å²) in [5.41, 5.74) is 1.34. The van der Waals surface area contributed by atoms with Gasteiger partial charge in [-0.25, -0.2) is 4.98 Å². The number of nitrogens with zero attached hydrogens (tertiary/aromatic N) is 1. The predicted octanol–water partition coefficient (Wildman–Crippen LogP) is 3.45. The minimum Gasteiger partial charge on any atom is -0.469 e. The Balaban J connectivity index is 2.27. The monoisotopic (exact) mass is 352 g/mol. The summed E-state index contributed by atoms with van der Waals surface area (Å²) < 4.78 is 4.71. The molecule has 0 unspecified atom stereocenters. The first-order valence-corrected chi connectivity index (χ1v) is 8.18. The number of benzene rings is 1. The van der Waals surface area contributed by atoms with E-state index in [-0.39, 0.29) is 12.3 Å². The second-order valence-corrected chi connectivity index (χ2v) is 6.59. The quantitative estimate of drug-likeness (QED) is 0.837. The van der Waals surface area contributed by atoms with Crippen molar-refractivity contribution >= 4 is 34.8 Å². The average molecular weight is 353 g/mol. The van der Waals surface area contributed by atoms with Gasteiger partial charge in [-0.3, -0.25) is 9.59 Å². The molecular formula is C16H17ClN2O3S. The van der Waals surface area contributed by atoms with Gasteiger partial charge in [0.2, 0.25) is 0 Å². The number of hydrogen-bond donors (Lipinski definition) is 1. The third-order valence-corrected chi connectivity index (χ3v) is 4.71. The number of aryl methyl sites for hydroxylation is 2. The van der Waals surface area contributed by atoms with Crippen molar-refractivity contribution in [2.24, 2.45) is 0 Å². The van der Waals surface area contributed by atoms with E-state index in [4.69, 9.17) is 16.3 Å². The van der Waals surface area contributed by atoms with Crippen LogP contribution in [0.15, 0.2) is 24.3 Å². The molecule has 1 aromatic carbocycles. The molecular weight excluding hydrogens is 336 g/mol. The minimum absolute atomic E-state index is 0.00278. The summed E-state index contributed by atoms with van der Waals surface area (Å²) in [5.74, 6) is -0.700. The summed E-state index contributed by atoms with van der Waals surface area (Å²) in [6.45, 7) is 3.62. The molecule has 1 aromatic heterocycles. The Bertz CT molecular complexity index is 730. The topological polar surface area (TPSA) is 68.3 Å².